The van der Waals surface area contributed by atoms with Crippen LogP contribution in [0.3, 0.4) is 0 Å². The van der Waals surface area contributed by atoms with E-state index in [1.54, 1.807) is 0 Å². The summed E-state index contributed by atoms with van der Waals surface area (Å²) in [5.74, 6) is -2.62. The van der Waals surface area contributed by atoms with Crippen molar-refractivity contribution in [3.05, 3.63) is 69.2 Å². The van der Waals surface area contributed by atoms with Crippen LogP contribution in [0.4, 0.5) is 13.6 Å². The number of nitriles is 1. The number of carbonyl (C=O) groups is 1. The molecule has 1 aliphatic rings. The lowest BCUT2D eigenvalue weighted by atomic mass is 9.62. The fourth-order valence-electron chi connectivity index (χ4n) is 5.11. The summed E-state index contributed by atoms with van der Waals surface area (Å²) in [5.41, 5.74) is -2.14. The maximum absolute atomic E-state index is 15.7. The summed E-state index contributed by atoms with van der Waals surface area (Å²) in [6.07, 6.45) is -2.77. The molecule has 0 aliphatic carbocycles. The van der Waals surface area contributed by atoms with E-state index < -0.39 is 54.0 Å². The minimum Gasteiger partial charge on any atom is -0.430 e. The molecule has 0 unspecified atom stereocenters. The first kappa shape index (κ1) is 32.0. The molecule has 2 aromatic rings. The highest BCUT2D eigenvalue weighted by atomic mass is 35.5. The van der Waals surface area contributed by atoms with Crippen molar-refractivity contribution in [1.82, 2.24) is 10.6 Å². The van der Waals surface area contributed by atoms with Gasteiger partial charge < -0.3 is 20.3 Å². The molecule has 40 heavy (non-hydrogen) atoms. The van der Waals surface area contributed by atoms with Crippen LogP contribution in [0, 0.1) is 34.3 Å². The molecule has 0 spiro atoms. The first-order valence-corrected chi connectivity index (χ1v) is 13.8. The van der Waals surface area contributed by atoms with Gasteiger partial charge in [0.25, 0.3) is 0 Å². The Labute approximate surface area is 243 Å². The molecule has 2 aromatic carbocycles. The molecule has 0 saturated carbocycles. The summed E-state index contributed by atoms with van der Waals surface area (Å²) < 4.78 is 37.1. The van der Waals surface area contributed by atoms with E-state index in [0.29, 0.717) is 6.42 Å². The molecule has 218 valence electrons. The summed E-state index contributed by atoms with van der Waals surface area (Å²) in [7, 11) is 0. The summed E-state index contributed by atoms with van der Waals surface area (Å²) in [5, 5.41) is 35.1. The van der Waals surface area contributed by atoms with Crippen molar-refractivity contribution in [3.8, 4) is 6.07 Å². The molecule has 5 atom stereocenters. The maximum atomic E-state index is 15.7. The van der Waals surface area contributed by atoms with Gasteiger partial charge in [-0.1, -0.05) is 69.1 Å². The SMILES string of the molecule is CC(C)C(C)(C)C[C@@H]1N[C@H](OC(=O)NCC[C@H](O)CO)[C@H](c2cccc(Cl)c2F)[C@@]1(C#N)c1ccc(Cl)cc1F. The molecular weight excluding hydrogens is 563 g/mol. The number of ether oxygens (including phenoxy) is 1. The first-order chi connectivity index (χ1) is 18.8. The third kappa shape index (κ3) is 6.53. The van der Waals surface area contributed by atoms with Crippen LogP contribution in [-0.4, -0.2) is 47.8 Å². The van der Waals surface area contributed by atoms with Gasteiger partial charge in [-0.3, -0.25) is 5.32 Å². The van der Waals surface area contributed by atoms with Gasteiger partial charge in [-0.15, -0.1) is 0 Å². The Morgan fingerprint density at radius 1 is 1.27 bits per heavy atom. The Hall–Kier alpha value is -2.48. The highest BCUT2D eigenvalue weighted by Crippen LogP contribution is 2.53. The Kier molecular flexibility index (Phi) is 10.4. The van der Waals surface area contributed by atoms with Gasteiger partial charge in [0.15, 0.2) is 6.23 Å². The second-order valence-corrected chi connectivity index (χ2v) is 12.0. The molecule has 1 fully saturated rings. The monoisotopic (exact) mass is 597 g/mol. The van der Waals surface area contributed by atoms with Crippen molar-refractivity contribution in [1.29, 1.82) is 5.26 Å². The fraction of sp³-hybridized carbons (Fsp3) is 0.517. The van der Waals surface area contributed by atoms with Crippen LogP contribution < -0.4 is 10.6 Å². The van der Waals surface area contributed by atoms with Gasteiger partial charge in [-0.2, -0.15) is 5.26 Å². The van der Waals surface area contributed by atoms with Gasteiger partial charge in [-0.05, 0) is 47.9 Å². The number of aliphatic hydroxyl groups is 2. The minimum atomic E-state index is -1.75. The maximum Gasteiger partial charge on any atom is 0.408 e. The number of rotatable bonds is 10. The average molecular weight is 599 g/mol. The van der Waals surface area contributed by atoms with E-state index in [4.69, 9.17) is 33.0 Å². The standard InChI is InChI=1S/C29H35Cl2F2N3O4/c1-16(2)28(3,4)13-23-29(15-34,20-9-8-17(30)12-22(20)32)24(19-6-5-7-21(31)25(19)33)26(36-23)40-27(39)35-11-10-18(38)14-37/h5-9,12,16,18,23-24,26,36-38H,10-11,13-14H2,1-4H3,(H,35,39)/t18-,23-,24-,26+,29-/m0/s1. The molecule has 0 radical (unpaired) electrons. The van der Waals surface area contributed by atoms with Gasteiger partial charge in [0.05, 0.1) is 29.7 Å². The third-order valence-corrected chi connectivity index (χ3v) is 8.60. The predicted octanol–water partition coefficient (Wildman–Crippen LogP) is 5.66. The van der Waals surface area contributed by atoms with E-state index in [1.165, 1.54) is 30.3 Å². The van der Waals surface area contributed by atoms with Crippen LogP contribution in [0.2, 0.25) is 10.0 Å². The average Bonchev–Trinajstić information content (AvgIpc) is 3.17. The number of carbonyl (C=O) groups excluding carboxylic acids is 1. The summed E-state index contributed by atoms with van der Waals surface area (Å²) in [4.78, 5) is 12.8. The van der Waals surface area contributed by atoms with E-state index in [1.807, 2.05) is 27.7 Å². The quantitative estimate of drug-likeness (QED) is 0.281. The van der Waals surface area contributed by atoms with Crippen LogP contribution in [-0.2, 0) is 10.2 Å². The number of alkyl carbamates (subject to hydrolysis) is 1. The van der Waals surface area contributed by atoms with Gasteiger partial charge in [0.2, 0.25) is 0 Å². The molecule has 1 heterocycles. The van der Waals surface area contributed by atoms with Gasteiger partial charge in [0, 0.05) is 23.2 Å². The van der Waals surface area contributed by atoms with E-state index in [9.17, 15) is 15.2 Å². The largest absolute Gasteiger partial charge is 0.430 e. The molecule has 1 amide bonds. The van der Waals surface area contributed by atoms with Gasteiger partial charge >= 0.3 is 6.09 Å². The first-order valence-electron chi connectivity index (χ1n) is 13.1. The molecule has 1 saturated heterocycles. The van der Waals surface area contributed by atoms with E-state index >= 15 is 8.78 Å². The lowest BCUT2D eigenvalue weighted by Crippen LogP contribution is -2.46. The van der Waals surface area contributed by atoms with Crippen molar-refractivity contribution >= 4 is 29.3 Å². The van der Waals surface area contributed by atoms with Crippen molar-refractivity contribution < 1.29 is 28.5 Å². The van der Waals surface area contributed by atoms with Crippen LogP contribution in [0.5, 0.6) is 0 Å². The number of halogens is 4. The molecule has 1 aliphatic heterocycles. The molecule has 4 N–H and O–H groups in total. The smallest absolute Gasteiger partial charge is 0.408 e. The van der Waals surface area contributed by atoms with Crippen molar-refractivity contribution in [3.63, 3.8) is 0 Å². The van der Waals surface area contributed by atoms with E-state index in [-0.39, 0.29) is 45.5 Å². The van der Waals surface area contributed by atoms with Gasteiger partial charge in [-0.25, -0.2) is 13.6 Å². The molecule has 0 aromatic heterocycles. The minimum absolute atomic E-state index is 0.0114. The van der Waals surface area contributed by atoms with Crippen LogP contribution in [0.15, 0.2) is 36.4 Å². The van der Waals surface area contributed by atoms with Crippen LogP contribution in [0.25, 0.3) is 0 Å². The van der Waals surface area contributed by atoms with E-state index in [2.05, 4.69) is 16.7 Å². The Morgan fingerprint density at radius 2 is 1.98 bits per heavy atom. The number of hydrogen-bond donors (Lipinski definition) is 4. The Bertz CT molecular complexity index is 1260. The third-order valence-electron chi connectivity index (χ3n) is 8.07. The summed E-state index contributed by atoms with van der Waals surface area (Å²) >= 11 is 12.2. The zero-order chi connectivity index (χ0) is 29.8. The molecule has 11 heteroatoms. The zero-order valence-electron chi connectivity index (χ0n) is 22.8. The lowest BCUT2D eigenvalue weighted by molar-refractivity contribution is 0.0679. The van der Waals surface area contributed by atoms with Crippen molar-refractivity contribution in [2.24, 2.45) is 11.3 Å². The second-order valence-electron chi connectivity index (χ2n) is 11.2. The Balaban J connectivity index is 2.19. The second kappa shape index (κ2) is 13.0. The number of amides is 1. The number of nitrogens with zero attached hydrogens (tertiary/aromatic N) is 1. The number of hydrogen-bond acceptors (Lipinski definition) is 6. The predicted molar refractivity (Wildman–Crippen MR) is 149 cm³/mol. The zero-order valence-corrected chi connectivity index (χ0v) is 24.4. The topological polar surface area (TPSA) is 115 Å². The van der Waals surface area contributed by atoms with E-state index in [0.717, 1.165) is 6.07 Å². The van der Waals surface area contributed by atoms with Crippen molar-refractivity contribution in [2.45, 2.75) is 70.2 Å². The fourth-order valence-corrected chi connectivity index (χ4v) is 5.45. The van der Waals surface area contributed by atoms with Crippen molar-refractivity contribution in [2.75, 3.05) is 13.2 Å². The molecular formula is C29H35Cl2F2N3O4. The Morgan fingerprint density at radius 3 is 2.58 bits per heavy atom. The number of benzene rings is 2. The van der Waals surface area contributed by atoms with Crippen LogP contribution >= 0.6 is 23.2 Å². The van der Waals surface area contributed by atoms with Crippen LogP contribution in [0.1, 0.15) is 57.6 Å². The molecule has 3 rings (SSSR count). The summed E-state index contributed by atoms with van der Waals surface area (Å²) in [6.45, 7) is 7.61. The van der Waals surface area contributed by atoms with Gasteiger partial charge in [0.1, 0.15) is 17.0 Å². The number of aliphatic hydroxyl groups excluding tert-OH is 2. The molecule has 0 bridgehead atoms. The lowest BCUT2D eigenvalue weighted by Gasteiger charge is -2.39. The highest BCUT2D eigenvalue weighted by molar-refractivity contribution is 6.31. The molecule has 7 nitrogen and oxygen atoms in total. The summed E-state index contributed by atoms with van der Waals surface area (Å²) in [6, 6.07) is 9.79. The highest BCUT2D eigenvalue weighted by Gasteiger charge is 2.61. The normalized spacial score (nSPS) is 23.6. The number of nitrogens with one attached hydrogen (secondary N) is 2.